The van der Waals surface area contributed by atoms with Gasteiger partial charge in [0.05, 0.1) is 25.3 Å². The van der Waals surface area contributed by atoms with E-state index in [0.29, 0.717) is 19.0 Å². The van der Waals surface area contributed by atoms with E-state index in [-0.39, 0.29) is 24.9 Å². The van der Waals surface area contributed by atoms with E-state index < -0.39 is 0 Å². The van der Waals surface area contributed by atoms with Crippen molar-refractivity contribution in [3.05, 3.63) is 18.2 Å². The molecule has 0 radical (unpaired) electrons. The van der Waals surface area contributed by atoms with Crippen LogP contribution in [-0.2, 0) is 4.74 Å². The number of carbonyl (C=O) groups is 1. The summed E-state index contributed by atoms with van der Waals surface area (Å²) in [7, 11) is 0. The van der Waals surface area contributed by atoms with Gasteiger partial charge >= 0.3 is 6.03 Å². The van der Waals surface area contributed by atoms with Crippen LogP contribution >= 0.6 is 0 Å². The monoisotopic (exact) mass is 276 g/mol. The van der Waals surface area contributed by atoms with E-state index >= 15 is 0 Å². The summed E-state index contributed by atoms with van der Waals surface area (Å²) >= 11 is 0. The van der Waals surface area contributed by atoms with Gasteiger partial charge in [0, 0.05) is 11.8 Å². The third kappa shape index (κ3) is 1.87. The van der Waals surface area contributed by atoms with Crippen LogP contribution in [0.25, 0.3) is 0 Å². The zero-order valence-electron chi connectivity index (χ0n) is 11.0. The normalized spacial score (nSPS) is 26.7. The molecule has 6 nitrogen and oxygen atoms in total. The summed E-state index contributed by atoms with van der Waals surface area (Å²) in [5.74, 6) is 1.39. The number of morpholine rings is 1. The van der Waals surface area contributed by atoms with Crippen LogP contribution in [0, 0.1) is 0 Å². The van der Waals surface area contributed by atoms with Gasteiger partial charge in [0.1, 0.15) is 0 Å². The largest absolute Gasteiger partial charge is 0.454 e. The molecule has 106 valence electrons. The van der Waals surface area contributed by atoms with Crippen molar-refractivity contribution < 1.29 is 19.0 Å². The number of benzene rings is 1. The number of urea groups is 1. The molecule has 3 aliphatic rings. The third-order valence-corrected chi connectivity index (χ3v) is 4.10. The van der Waals surface area contributed by atoms with E-state index in [4.69, 9.17) is 14.2 Å². The lowest BCUT2D eigenvalue weighted by molar-refractivity contribution is 0.00949. The molecule has 2 saturated heterocycles. The second-order valence-electron chi connectivity index (χ2n) is 5.33. The van der Waals surface area contributed by atoms with Crippen LogP contribution < -0.4 is 14.8 Å². The van der Waals surface area contributed by atoms with Crippen LogP contribution in [0.15, 0.2) is 18.2 Å². The lowest BCUT2D eigenvalue weighted by atomic mass is 10.2. The van der Waals surface area contributed by atoms with Crippen LogP contribution in [0.1, 0.15) is 12.8 Å². The summed E-state index contributed by atoms with van der Waals surface area (Å²) in [5, 5.41) is 2.94. The fraction of sp³-hybridized carbons (Fsp3) is 0.500. The molecule has 4 rings (SSSR count). The van der Waals surface area contributed by atoms with Crippen LogP contribution in [0.3, 0.4) is 0 Å². The molecule has 0 aromatic heterocycles. The smallest absolute Gasteiger partial charge is 0.322 e. The second kappa shape index (κ2) is 4.56. The Morgan fingerprint density at radius 2 is 1.90 bits per heavy atom. The van der Waals surface area contributed by atoms with Crippen LogP contribution in [-0.4, -0.2) is 43.0 Å². The summed E-state index contributed by atoms with van der Waals surface area (Å²) < 4.78 is 16.1. The van der Waals surface area contributed by atoms with E-state index in [1.165, 1.54) is 0 Å². The molecule has 3 aliphatic heterocycles. The highest BCUT2D eigenvalue weighted by Gasteiger charge is 2.40. The maximum atomic E-state index is 12.4. The fourth-order valence-corrected chi connectivity index (χ4v) is 3.12. The average molecular weight is 276 g/mol. The molecule has 1 aromatic rings. The van der Waals surface area contributed by atoms with Crippen molar-refractivity contribution in [1.29, 1.82) is 0 Å². The molecule has 0 aliphatic carbocycles. The highest BCUT2D eigenvalue weighted by atomic mass is 16.7. The van der Waals surface area contributed by atoms with Gasteiger partial charge in [0.2, 0.25) is 6.79 Å². The number of nitrogens with one attached hydrogen (secondary N) is 1. The molecule has 2 amide bonds. The van der Waals surface area contributed by atoms with Gasteiger partial charge in [-0.3, -0.25) is 0 Å². The Balaban J connectivity index is 1.50. The van der Waals surface area contributed by atoms with Gasteiger partial charge in [-0.05, 0) is 25.0 Å². The number of hydrogen-bond donors (Lipinski definition) is 1. The van der Waals surface area contributed by atoms with Crippen molar-refractivity contribution in [2.45, 2.75) is 24.9 Å². The van der Waals surface area contributed by atoms with Gasteiger partial charge in [0.25, 0.3) is 0 Å². The Morgan fingerprint density at radius 3 is 2.70 bits per heavy atom. The molecular formula is C14H16N2O4. The van der Waals surface area contributed by atoms with Crippen molar-refractivity contribution in [3.8, 4) is 11.5 Å². The minimum Gasteiger partial charge on any atom is -0.454 e. The third-order valence-electron chi connectivity index (χ3n) is 4.10. The van der Waals surface area contributed by atoms with Crippen molar-refractivity contribution in [3.63, 3.8) is 0 Å². The molecule has 0 saturated carbocycles. The molecule has 2 fully saturated rings. The minimum absolute atomic E-state index is 0.0559. The Morgan fingerprint density at radius 1 is 1.15 bits per heavy atom. The molecule has 20 heavy (non-hydrogen) atoms. The predicted octanol–water partition coefficient (Wildman–Crippen LogP) is 1.81. The van der Waals surface area contributed by atoms with Gasteiger partial charge in [-0.1, -0.05) is 0 Å². The summed E-state index contributed by atoms with van der Waals surface area (Å²) in [4.78, 5) is 14.3. The number of fused-ring (bicyclic) bond motifs is 3. The van der Waals surface area contributed by atoms with Gasteiger partial charge in [-0.25, -0.2) is 4.79 Å². The Hall–Kier alpha value is -1.95. The van der Waals surface area contributed by atoms with Crippen LogP contribution in [0.5, 0.6) is 11.5 Å². The number of rotatable bonds is 1. The molecule has 2 atom stereocenters. The quantitative estimate of drug-likeness (QED) is 0.850. The molecule has 6 heteroatoms. The van der Waals surface area contributed by atoms with E-state index in [0.717, 1.165) is 24.3 Å². The van der Waals surface area contributed by atoms with E-state index in [1.54, 1.807) is 6.07 Å². The van der Waals surface area contributed by atoms with Gasteiger partial charge in [0.15, 0.2) is 11.5 Å². The lowest BCUT2D eigenvalue weighted by Crippen LogP contribution is -2.50. The molecule has 0 spiro atoms. The highest BCUT2D eigenvalue weighted by molar-refractivity contribution is 5.90. The zero-order valence-corrected chi connectivity index (χ0v) is 11.0. The van der Waals surface area contributed by atoms with E-state index in [2.05, 4.69) is 5.32 Å². The van der Waals surface area contributed by atoms with E-state index in [1.807, 2.05) is 17.0 Å². The summed E-state index contributed by atoms with van der Waals surface area (Å²) in [5.41, 5.74) is 0.727. The first-order valence-electron chi connectivity index (χ1n) is 6.88. The Labute approximate surface area is 116 Å². The lowest BCUT2D eigenvalue weighted by Gasteiger charge is -2.34. The van der Waals surface area contributed by atoms with Crippen LogP contribution in [0.4, 0.5) is 10.5 Å². The Kier molecular flexibility index (Phi) is 2.70. The number of hydrogen-bond acceptors (Lipinski definition) is 4. The minimum atomic E-state index is -0.0559. The molecule has 2 bridgehead atoms. The highest BCUT2D eigenvalue weighted by Crippen LogP contribution is 2.35. The molecule has 1 N–H and O–H groups in total. The second-order valence-corrected chi connectivity index (χ2v) is 5.33. The summed E-state index contributed by atoms with van der Waals surface area (Å²) in [6.45, 7) is 1.52. The number of nitrogens with zero attached hydrogens (tertiary/aromatic N) is 1. The maximum Gasteiger partial charge on any atom is 0.322 e. The van der Waals surface area contributed by atoms with Crippen molar-refractivity contribution in [1.82, 2.24) is 4.90 Å². The van der Waals surface area contributed by atoms with Gasteiger partial charge in [-0.15, -0.1) is 0 Å². The molecule has 3 heterocycles. The first kappa shape index (κ1) is 11.8. The summed E-state index contributed by atoms with van der Waals surface area (Å²) in [6, 6.07) is 5.80. The van der Waals surface area contributed by atoms with Crippen molar-refractivity contribution in [2.75, 3.05) is 25.3 Å². The van der Waals surface area contributed by atoms with E-state index in [9.17, 15) is 4.79 Å². The van der Waals surface area contributed by atoms with Gasteiger partial charge < -0.3 is 24.4 Å². The first-order valence-corrected chi connectivity index (χ1v) is 6.88. The summed E-state index contributed by atoms with van der Waals surface area (Å²) in [6.07, 6.45) is 2.05. The predicted molar refractivity (Wildman–Crippen MR) is 71.1 cm³/mol. The van der Waals surface area contributed by atoms with Crippen molar-refractivity contribution in [2.24, 2.45) is 0 Å². The fourth-order valence-electron chi connectivity index (χ4n) is 3.12. The van der Waals surface area contributed by atoms with Crippen molar-refractivity contribution >= 4 is 11.7 Å². The number of amides is 2. The van der Waals surface area contributed by atoms with Crippen LogP contribution in [0.2, 0.25) is 0 Å². The Bertz CT molecular complexity index is 532. The standard InChI is InChI=1S/C14H16N2O4/c17-14(16-10-2-3-11(16)7-18-6-10)15-9-1-4-12-13(5-9)20-8-19-12/h1,4-5,10-11H,2-3,6-8H2,(H,15,17)/t10-,11-/m1/s1. The zero-order chi connectivity index (χ0) is 13.5. The molecular weight excluding hydrogens is 260 g/mol. The van der Waals surface area contributed by atoms with Gasteiger partial charge in [-0.2, -0.15) is 0 Å². The molecule has 1 aromatic carbocycles. The number of anilines is 1. The number of ether oxygens (including phenoxy) is 3. The number of carbonyl (C=O) groups excluding carboxylic acids is 1. The molecule has 0 unspecified atom stereocenters. The topological polar surface area (TPSA) is 60.0 Å². The maximum absolute atomic E-state index is 12.4. The SMILES string of the molecule is O=C(Nc1ccc2c(c1)OCO2)N1[C@@H]2CC[C@@H]1COC2. The first-order chi connectivity index (χ1) is 9.81. The average Bonchev–Trinajstić information content (AvgIpc) is 3.01.